The Morgan fingerprint density at radius 2 is 2.00 bits per heavy atom. The van der Waals surface area contributed by atoms with E-state index < -0.39 is 17.9 Å². The monoisotopic (exact) mass is 278 g/mol. The van der Waals surface area contributed by atoms with Gasteiger partial charge in [0.25, 0.3) is 5.91 Å². The summed E-state index contributed by atoms with van der Waals surface area (Å²) in [6.45, 7) is 6.31. The van der Waals surface area contributed by atoms with Crippen molar-refractivity contribution in [2.45, 2.75) is 33.4 Å². The van der Waals surface area contributed by atoms with Gasteiger partial charge in [-0.15, -0.1) is 0 Å². The van der Waals surface area contributed by atoms with Gasteiger partial charge in [-0.2, -0.15) is 0 Å². The summed E-state index contributed by atoms with van der Waals surface area (Å²) in [5.41, 5.74) is 8.90. The second kappa shape index (κ2) is 7.05. The number of hydrogen-bond acceptors (Lipinski definition) is 4. The van der Waals surface area contributed by atoms with Crippen LogP contribution in [0, 0.1) is 13.8 Å². The van der Waals surface area contributed by atoms with Gasteiger partial charge >= 0.3 is 5.97 Å². The van der Waals surface area contributed by atoms with Gasteiger partial charge in [-0.3, -0.25) is 4.79 Å². The molecule has 1 rings (SSSR count). The molecule has 5 heteroatoms. The molecule has 0 saturated carbocycles. The summed E-state index contributed by atoms with van der Waals surface area (Å²) >= 11 is 0. The van der Waals surface area contributed by atoms with Crippen LogP contribution < -0.4 is 5.73 Å². The van der Waals surface area contributed by atoms with Crippen molar-refractivity contribution in [3.8, 4) is 0 Å². The van der Waals surface area contributed by atoms with Gasteiger partial charge in [0.2, 0.25) is 0 Å². The fourth-order valence-corrected chi connectivity index (χ4v) is 1.93. The molecule has 0 bridgehead atoms. The van der Waals surface area contributed by atoms with E-state index in [9.17, 15) is 9.59 Å². The van der Waals surface area contributed by atoms with Crippen molar-refractivity contribution in [1.82, 2.24) is 4.90 Å². The molecular formula is C15H22N2O3. The zero-order valence-electron chi connectivity index (χ0n) is 12.5. The molecule has 0 radical (unpaired) electrons. The molecular weight excluding hydrogens is 256 g/mol. The Morgan fingerprint density at radius 1 is 1.35 bits per heavy atom. The number of aryl methyl sites for hydroxylation is 2. The highest BCUT2D eigenvalue weighted by atomic mass is 16.5. The second-order valence-electron chi connectivity index (χ2n) is 4.85. The van der Waals surface area contributed by atoms with E-state index in [1.807, 2.05) is 26.0 Å². The average molecular weight is 278 g/mol. The van der Waals surface area contributed by atoms with E-state index in [4.69, 9.17) is 10.5 Å². The third-order valence-corrected chi connectivity index (χ3v) is 3.09. The molecule has 0 aliphatic rings. The largest absolute Gasteiger partial charge is 0.464 e. The van der Waals surface area contributed by atoms with E-state index in [1.54, 1.807) is 14.0 Å². The lowest BCUT2D eigenvalue weighted by Crippen LogP contribution is -2.47. The molecule has 20 heavy (non-hydrogen) atoms. The first-order chi connectivity index (χ1) is 9.36. The van der Waals surface area contributed by atoms with Crippen molar-refractivity contribution >= 4 is 11.9 Å². The van der Waals surface area contributed by atoms with Crippen molar-refractivity contribution in [3.63, 3.8) is 0 Å². The smallest absolute Gasteiger partial charge is 0.332 e. The predicted molar refractivity (Wildman–Crippen MR) is 77.0 cm³/mol. The van der Waals surface area contributed by atoms with Crippen LogP contribution in [0.2, 0.25) is 0 Å². The normalized spacial score (nSPS) is 11.8. The molecule has 1 atom stereocenters. The molecule has 0 saturated heterocycles. The van der Waals surface area contributed by atoms with Gasteiger partial charge in [-0.25, -0.2) is 4.79 Å². The SMILES string of the molecule is CCOC(=O)C(N)C(=O)N(C)Cc1ccc(C)cc1C. The van der Waals surface area contributed by atoms with Crippen LogP contribution in [0.15, 0.2) is 18.2 Å². The van der Waals surface area contributed by atoms with E-state index in [0.29, 0.717) is 6.54 Å². The Morgan fingerprint density at radius 3 is 2.55 bits per heavy atom. The van der Waals surface area contributed by atoms with E-state index in [0.717, 1.165) is 11.1 Å². The summed E-state index contributed by atoms with van der Waals surface area (Å²) in [5, 5.41) is 0. The Bertz CT molecular complexity index is 500. The highest BCUT2D eigenvalue weighted by molar-refractivity contribution is 6.01. The molecule has 1 aromatic carbocycles. The molecule has 1 amide bonds. The molecule has 110 valence electrons. The summed E-state index contributed by atoms with van der Waals surface area (Å²) in [6.07, 6.45) is 0. The average Bonchev–Trinajstić information content (AvgIpc) is 2.40. The minimum atomic E-state index is -1.26. The Balaban J connectivity index is 2.72. The van der Waals surface area contributed by atoms with Crippen LogP contribution in [0.25, 0.3) is 0 Å². The van der Waals surface area contributed by atoms with Gasteiger partial charge in [-0.1, -0.05) is 23.8 Å². The summed E-state index contributed by atoms with van der Waals surface area (Å²) < 4.78 is 4.75. The third kappa shape index (κ3) is 4.06. The molecule has 5 nitrogen and oxygen atoms in total. The third-order valence-electron chi connectivity index (χ3n) is 3.09. The van der Waals surface area contributed by atoms with Crippen molar-refractivity contribution in [1.29, 1.82) is 0 Å². The highest BCUT2D eigenvalue weighted by Crippen LogP contribution is 2.13. The fraction of sp³-hybridized carbons (Fsp3) is 0.467. The maximum absolute atomic E-state index is 12.0. The number of benzene rings is 1. The van der Waals surface area contributed by atoms with E-state index in [-0.39, 0.29) is 6.61 Å². The number of hydrogen-bond donors (Lipinski definition) is 1. The molecule has 0 heterocycles. The Kier molecular flexibility index (Phi) is 5.70. The van der Waals surface area contributed by atoms with Crippen LogP contribution >= 0.6 is 0 Å². The zero-order valence-corrected chi connectivity index (χ0v) is 12.5. The first-order valence-electron chi connectivity index (χ1n) is 6.60. The highest BCUT2D eigenvalue weighted by Gasteiger charge is 2.26. The minimum absolute atomic E-state index is 0.209. The van der Waals surface area contributed by atoms with Crippen LogP contribution in [-0.4, -0.2) is 36.5 Å². The van der Waals surface area contributed by atoms with E-state index in [2.05, 4.69) is 6.07 Å². The van der Waals surface area contributed by atoms with Crippen molar-refractivity contribution in [2.75, 3.05) is 13.7 Å². The molecule has 1 unspecified atom stereocenters. The molecule has 1 aromatic rings. The molecule has 0 spiro atoms. The lowest BCUT2D eigenvalue weighted by molar-refractivity contribution is -0.150. The second-order valence-corrected chi connectivity index (χ2v) is 4.85. The summed E-state index contributed by atoms with van der Waals surface area (Å²) in [7, 11) is 1.63. The Labute approximate surface area is 119 Å². The first kappa shape index (κ1) is 16.2. The van der Waals surface area contributed by atoms with Gasteiger partial charge in [0.05, 0.1) is 6.61 Å². The number of carbonyl (C=O) groups is 2. The van der Waals surface area contributed by atoms with Crippen LogP contribution in [0.4, 0.5) is 0 Å². The van der Waals surface area contributed by atoms with Crippen LogP contribution in [0.5, 0.6) is 0 Å². The zero-order chi connectivity index (χ0) is 15.3. The maximum atomic E-state index is 12.0. The lowest BCUT2D eigenvalue weighted by atomic mass is 10.1. The number of nitrogens with two attached hydrogens (primary N) is 1. The van der Waals surface area contributed by atoms with Crippen molar-refractivity contribution in [2.24, 2.45) is 5.73 Å². The van der Waals surface area contributed by atoms with Crippen LogP contribution in [0.3, 0.4) is 0 Å². The van der Waals surface area contributed by atoms with Gasteiger partial charge in [0, 0.05) is 13.6 Å². The van der Waals surface area contributed by atoms with Crippen LogP contribution in [0.1, 0.15) is 23.6 Å². The number of amides is 1. The number of ether oxygens (including phenoxy) is 1. The standard InChI is InChI=1S/C15H22N2O3/c1-5-20-15(19)13(16)14(18)17(4)9-12-7-6-10(2)8-11(12)3/h6-8,13H,5,9,16H2,1-4H3. The topological polar surface area (TPSA) is 72.6 Å². The quantitative estimate of drug-likeness (QED) is 0.648. The number of esters is 1. The van der Waals surface area contributed by atoms with Gasteiger partial charge in [0.15, 0.2) is 6.04 Å². The number of rotatable bonds is 5. The van der Waals surface area contributed by atoms with Gasteiger partial charge < -0.3 is 15.4 Å². The molecule has 0 fully saturated rings. The maximum Gasteiger partial charge on any atom is 0.332 e. The van der Waals surface area contributed by atoms with E-state index >= 15 is 0 Å². The fourth-order valence-electron chi connectivity index (χ4n) is 1.93. The van der Waals surface area contributed by atoms with E-state index in [1.165, 1.54) is 10.5 Å². The number of carbonyl (C=O) groups excluding carboxylic acids is 2. The number of likely N-dealkylation sites (N-methyl/N-ethyl adjacent to an activating group) is 1. The molecule has 0 aromatic heterocycles. The molecule has 2 N–H and O–H groups in total. The minimum Gasteiger partial charge on any atom is -0.464 e. The summed E-state index contributed by atoms with van der Waals surface area (Å²) in [5.74, 6) is -1.13. The Hall–Kier alpha value is -1.88. The lowest BCUT2D eigenvalue weighted by Gasteiger charge is -2.21. The van der Waals surface area contributed by atoms with Crippen LogP contribution in [-0.2, 0) is 20.9 Å². The molecule has 0 aliphatic carbocycles. The number of nitrogens with zero attached hydrogens (tertiary/aromatic N) is 1. The first-order valence-corrected chi connectivity index (χ1v) is 6.60. The van der Waals surface area contributed by atoms with Gasteiger partial charge in [-0.05, 0) is 31.9 Å². The summed E-state index contributed by atoms with van der Waals surface area (Å²) in [4.78, 5) is 24.9. The predicted octanol–water partition coefficient (Wildman–Crippen LogP) is 1.15. The van der Waals surface area contributed by atoms with Gasteiger partial charge in [0.1, 0.15) is 0 Å². The van der Waals surface area contributed by atoms with Crippen molar-refractivity contribution in [3.05, 3.63) is 34.9 Å². The van der Waals surface area contributed by atoms with Crippen molar-refractivity contribution < 1.29 is 14.3 Å². The summed E-state index contributed by atoms with van der Waals surface area (Å²) in [6, 6.07) is 4.76. The molecule has 0 aliphatic heterocycles.